The van der Waals surface area contributed by atoms with Crippen LogP contribution in [-0.2, 0) is 14.8 Å². The summed E-state index contributed by atoms with van der Waals surface area (Å²) in [6.07, 6.45) is -0.226. The van der Waals surface area contributed by atoms with Crippen molar-refractivity contribution >= 4 is 26.0 Å². The summed E-state index contributed by atoms with van der Waals surface area (Å²) in [5, 5.41) is 0. The highest BCUT2D eigenvalue weighted by molar-refractivity contribution is 9.10. The Hall–Kier alpha value is -0.470. The molecular weight excluding hydrogens is 320 g/mol. The van der Waals surface area contributed by atoms with E-state index in [0.29, 0.717) is 30.7 Å². The molecule has 5 nitrogen and oxygen atoms in total. The zero-order valence-corrected chi connectivity index (χ0v) is 12.2. The molecule has 1 saturated heterocycles. The van der Waals surface area contributed by atoms with Crippen molar-refractivity contribution in [3.8, 4) is 0 Å². The minimum Gasteiger partial charge on any atom is -0.374 e. The Labute approximate surface area is 115 Å². The van der Waals surface area contributed by atoms with Crippen molar-refractivity contribution in [2.45, 2.75) is 11.0 Å². The molecule has 1 aliphatic heterocycles. The third-order valence-electron chi connectivity index (χ3n) is 2.82. The molecule has 18 heavy (non-hydrogen) atoms. The standard InChI is InChI=1S/C11H15BrN2O3S/c12-10-3-1-2-4-11(10)18(15,16)14-5-6-17-9(7-13)8-14/h1-4,9H,5-8,13H2. The molecule has 100 valence electrons. The summed E-state index contributed by atoms with van der Waals surface area (Å²) in [6.45, 7) is 1.37. The molecule has 1 fully saturated rings. The Balaban J connectivity index is 2.29. The second-order valence-corrected chi connectivity index (χ2v) is 6.78. The van der Waals surface area contributed by atoms with Crippen molar-refractivity contribution in [2.75, 3.05) is 26.2 Å². The summed E-state index contributed by atoms with van der Waals surface area (Å²) in [4.78, 5) is 0.280. The van der Waals surface area contributed by atoms with Gasteiger partial charge < -0.3 is 10.5 Å². The summed E-state index contributed by atoms with van der Waals surface area (Å²) in [5.41, 5.74) is 5.52. The van der Waals surface area contributed by atoms with Gasteiger partial charge in [-0.15, -0.1) is 0 Å². The van der Waals surface area contributed by atoms with Crippen molar-refractivity contribution in [1.29, 1.82) is 0 Å². The fourth-order valence-electron chi connectivity index (χ4n) is 1.85. The van der Waals surface area contributed by atoms with E-state index in [-0.39, 0.29) is 11.0 Å². The number of sulfonamides is 1. The smallest absolute Gasteiger partial charge is 0.244 e. The fraction of sp³-hybridized carbons (Fsp3) is 0.455. The highest BCUT2D eigenvalue weighted by Crippen LogP contribution is 2.25. The second kappa shape index (κ2) is 5.66. The average molecular weight is 335 g/mol. The normalized spacial score (nSPS) is 22.0. The van der Waals surface area contributed by atoms with Crippen LogP contribution in [0.25, 0.3) is 0 Å². The number of hydrogen-bond acceptors (Lipinski definition) is 4. The van der Waals surface area contributed by atoms with E-state index in [1.165, 1.54) is 4.31 Å². The summed E-state index contributed by atoms with van der Waals surface area (Å²) in [7, 11) is -3.48. The maximum absolute atomic E-state index is 12.5. The van der Waals surface area contributed by atoms with Gasteiger partial charge in [0.25, 0.3) is 0 Å². The predicted molar refractivity (Wildman–Crippen MR) is 71.7 cm³/mol. The lowest BCUT2D eigenvalue weighted by atomic mass is 10.3. The van der Waals surface area contributed by atoms with Crippen molar-refractivity contribution in [3.05, 3.63) is 28.7 Å². The van der Waals surface area contributed by atoms with E-state index in [4.69, 9.17) is 10.5 Å². The van der Waals surface area contributed by atoms with Crippen LogP contribution in [0.4, 0.5) is 0 Å². The Kier molecular flexibility index (Phi) is 4.39. The summed E-state index contributed by atoms with van der Waals surface area (Å²) in [5.74, 6) is 0. The molecule has 0 aromatic heterocycles. The van der Waals surface area contributed by atoms with Crippen molar-refractivity contribution in [3.63, 3.8) is 0 Å². The minimum atomic E-state index is -3.48. The van der Waals surface area contributed by atoms with Gasteiger partial charge in [0.2, 0.25) is 10.0 Å². The quantitative estimate of drug-likeness (QED) is 0.887. The van der Waals surface area contributed by atoms with Crippen LogP contribution in [0, 0.1) is 0 Å². The van der Waals surface area contributed by atoms with Crippen LogP contribution < -0.4 is 5.73 Å². The zero-order chi connectivity index (χ0) is 13.2. The Morgan fingerprint density at radius 3 is 2.83 bits per heavy atom. The van der Waals surface area contributed by atoms with Crippen molar-refractivity contribution in [2.24, 2.45) is 5.73 Å². The van der Waals surface area contributed by atoms with Gasteiger partial charge in [0.1, 0.15) is 0 Å². The highest BCUT2D eigenvalue weighted by Gasteiger charge is 2.31. The lowest BCUT2D eigenvalue weighted by Gasteiger charge is -2.31. The van der Waals surface area contributed by atoms with E-state index in [2.05, 4.69) is 15.9 Å². The molecular formula is C11H15BrN2O3S. The van der Waals surface area contributed by atoms with E-state index >= 15 is 0 Å². The lowest BCUT2D eigenvalue weighted by molar-refractivity contribution is 0.00449. The molecule has 0 amide bonds. The first-order valence-electron chi connectivity index (χ1n) is 5.62. The molecule has 2 rings (SSSR count). The maximum Gasteiger partial charge on any atom is 0.244 e. The number of hydrogen-bond donors (Lipinski definition) is 1. The molecule has 1 aromatic carbocycles. The molecule has 2 N–H and O–H groups in total. The van der Waals surface area contributed by atoms with Gasteiger partial charge in [-0.1, -0.05) is 12.1 Å². The van der Waals surface area contributed by atoms with Gasteiger partial charge in [-0.2, -0.15) is 4.31 Å². The van der Waals surface area contributed by atoms with E-state index in [1.807, 2.05) is 0 Å². The third-order valence-corrected chi connectivity index (χ3v) is 5.70. The molecule has 1 aliphatic rings. The molecule has 0 radical (unpaired) electrons. The van der Waals surface area contributed by atoms with Crippen LogP contribution in [0.3, 0.4) is 0 Å². The second-order valence-electron chi connectivity index (χ2n) is 4.02. The van der Waals surface area contributed by atoms with E-state index in [0.717, 1.165) is 0 Å². The van der Waals surface area contributed by atoms with Crippen LogP contribution in [0.15, 0.2) is 33.6 Å². The monoisotopic (exact) mass is 334 g/mol. The largest absolute Gasteiger partial charge is 0.374 e. The zero-order valence-electron chi connectivity index (χ0n) is 9.75. The Morgan fingerprint density at radius 1 is 1.44 bits per heavy atom. The predicted octanol–water partition coefficient (Wildman–Crippen LogP) is 0.797. The number of halogens is 1. The van der Waals surface area contributed by atoms with Crippen LogP contribution in [0.1, 0.15) is 0 Å². The molecule has 0 aliphatic carbocycles. The van der Waals surface area contributed by atoms with Crippen LogP contribution in [-0.4, -0.2) is 45.1 Å². The number of morpholine rings is 1. The first kappa shape index (κ1) is 14.0. The Bertz CT molecular complexity index is 521. The highest BCUT2D eigenvalue weighted by atomic mass is 79.9. The fourth-order valence-corrected chi connectivity index (χ4v) is 4.27. The van der Waals surface area contributed by atoms with Gasteiger partial charge in [0.05, 0.1) is 17.6 Å². The van der Waals surface area contributed by atoms with E-state index in [1.54, 1.807) is 24.3 Å². The molecule has 0 saturated carbocycles. The summed E-state index contributed by atoms with van der Waals surface area (Å²) in [6, 6.07) is 6.80. The average Bonchev–Trinajstić information content (AvgIpc) is 2.39. The molecule has 0 spiro atoms. The molecule has 1 atom stereocenters. The molecule has 7 heteroatoms. The van der Waals surface area contributed by atoms with Crippen LogP contribution in [0.2, 0.25) is 0 Å². The SMILES string of the molecule is NCC1CN(S(=O)(=O)c2ccccc2Br)CCO1. The van der Waals surface area contributed by atoms with Gasteiger partial charge in [-0.05, 0) is 28.1 Å². The topological polar surface area (TPSA) is 72.6 Å². The van der Waals surface area contributed by atoms with Gasteiger partial charge in [0, 0.05) is 24.1 Å². The molecule has 0 bridgehead atoms. The van der Waals surface area contributed by atoms with Crippen molar-refractivity contribution < 1.29 is 13.2 Å². The van der Waals surface area contributed by atoms with E-state index < -0.39 is 10.0 Å². The summed E-state index contributed by atoms with van der Waals surface area (Å²) < 4.78 is 32.3. The van der Waals surface area contributed by atoms with Crippen molar-refractivity contribution in [1.82, 2.24) is 4.31 Å². The molecule has 1 unspecified atom stereocenters. The van der Waals surface area contributed by atoms with Gasteiger partial charge in [0.15, 0.2) is 0 Å². The number of rotatable bonds is 3. The number of nitrogens with two attached hydrogens (primary N) is 1. The molecule has 1 aromatic rings. The van der Waals surface area contributed by atoms with E-state index in [9.17, 15) is 8.42 Å². The third kappa shape index (κ3) is 2.75. The minimum absolute atomic E-state index is 0.226. The Morgan fingerprint density at radius 2 is 2.17 bits per heavy atom. The van der Waals surface area contributed by atoms with Crippen LogP contribution >= 0.6 is 15.9 Å². The van der Waals surface area contributed by atoms with Crippen LogP contribution in [0.5, 0.6) is 0 Å². The van der Waals surface area contributed by atoms with Gasteiger partial charge in [-0.25, -0.2) is 8.42 Å². The first-order valence-corrected chi connectivity index (χ1v) is 7.85. The maximum atomic E-state index is 12.5. The lowest BCUT2D eigenvalue weighted by Crippen LogP contribution is -2.48. The number of benzene rings is 1. The summed E-state index contributed by atoms with van der Waals surface area (Å²) >= 11 is 3.27. The first-order chi connectivity index (χ1) is 8.55. The number of ether oxygens (including phenoxy) is 1. The van der Waals surface area contributed by atoms with Gasteiger partial charge >= 0.3 is 0 Å². The molecule has 1 heterocycles. The number of nitrogens with zero attached hydrogens (tertiary/aromatic N) is 1. The van der Waals surface area contributed by atoms with Gasteiger partial charge in [-0.3, -0.25) is 0 Å².